The van der Waals surface area contributed by atoms with Crippen molar-refractivity contribution in [2.75, 3.05) is 11.9 Å². The van der Waals surface area contributed by atoms with E-state index in [1.165, 1.54) is 4.68 Å². The maximum Gasteiger partial charge on any atom is 0.679 e. The first-order valence-electron chi connectivity index (χ1n) is 14.5. The minimum Gasteiger partial charge on any atom is -0.387 e. The zero-order chi connectivity index (χ0) is 31.2. The van der Waals surface area contributed by atoms with Crippen molar-refractivity contribution in [1.29, 1.82) is 0 Å². The number of carbonyl (C=O) groups is 1. The topological polar surface area (TPSA) is 109 Å². The number of rotatable bonds is 11. The first-order valence-corrected chi connectivity index (χ1v) is 14.5. The van der Waals surface area contributed by atoms with E-state index in [0.29, 0.717) is 34.9 Å². The van der Waals surface area contributed by atoms with Crippen molar-refractivity contribution in [3.63, 3.8) is 0 Å². The van der Waals surface area contributed by atoms with Gasteiger partial charge in [-0.25, -0.2) is 4.68 Å². The molecule has 44 heavy (non-hydrogen) atoms. The van der Waals surface area contributed by atoms with Crippen LogP contribution in [0.1, 0.15) is 60.7 Å². The molecule has 1 aliphatic heterocycles. The summed E-state index contributed by atoms with van der Waals surface area (Å²) in [4.78, 5) is 16.4. The molecule has 1 amide bonds. The number of amides is 1. The molecule has 2 aromatic carbocycles. The van der Waals surface area contributed by atoms with Gasteiger partial charge >= 0.3 is 7.40 Å². The maximum absolute atomic E-state index is 14.9. The number of nitrogens with one attached hydrogen (secondary N) is 2. The lowest BCUT2D eigenvalue weighted by atomic mass is 9.98. The number of aliphatic hydroxyl groups excluding tert-OH is 1. The molecule has 0 radical (unpaired) electrons. The van der Waals surface area contributed by atoms with Crippen molar-refractivity contribution < 1.29 is 18.5 Å². The van der Waals surface area contributed by atoms with Gasteiger partial charge < -0.3 is 20.2 Å². The Morgan fingerprint density at radius 3 is 2.59 bits per heavy atom. The number of amidine groups is 1. The Morgan fingerprint density at radius 1 is 1.11 bits per heavy atom. The van der Waals surface area contributed by atoms with Crippen LogP contribution in [0.25, 0.3) is 11.4 Å². The van der Waals surface area contributed by atoms with Crippen LogP contribution in [0.2, 0.25) is 0 Å². The molecular formula is C32H34BF2N7O2. The van der Waals surface area contributed by atoms with E-state index in [-0.39, 0.29) is 17.4 Å². The van der Waals surface area contributed by atoms with Crippen LogP contribution in [-0.4, -0.2) is 50.3 Å². The summed E-state index contributed by atoms with van der Waals surface area (Å²) in [6.45, 7) is 5.97. The summed E-state index contributed by atoms with van der Waals surface area (Å²) in [6.07, 6.45) is 7.22. The Morgan fingerprint density at radius 2 is 1.89 bits per heavy atom. The smallest absolute Gasteiger partial charge is 0.387 e. The summed E-state index contributed by atoms with van der Waals surface area (Å²) in [7, 11) is -2.88. The molecule has 0 saturated heterocycles. The molecule has 3 heterocycles. The predicted octanol–water partition coefficient (Wildman–Crippen LogP) is 5.50. The van der Waals surface area contributed by atoms with Crippen LogP contribution in [0.4, 0.5) is 14.3 Å². The molecule has 3 N–H and O–H groups in total. The second-order valence-corrected chi connectivity index (χ2v) is 10.7. The van der Waals surface area contributed by atoms with Gasteiger partial charge in [0.15, 0.2) is 0 Å². The Hall–Kier alpha value is -4.84. The standard InChI is InChI=1S/C32H34BF2N7O2/c1-4-7-22(3)27-19-41(40-39-27)31-17-15-28(42(31)33(34)35)32(23-10-12-25(13-11-23)37-30(44)20-43)26-14-16-29(38-26)36-18-24-9-6-5-8-21(24)2/h5-6,8-17,19,22,43H,4,7,18,20H2,1-3H3,(H,36,38)(H,37,44)/b32-26-. The molecule has 226 valence electrons. The summed E-state index contributed by atoms with van der Waals surface area (Å²) >= 11 is 0. The number of hydrogen-bond acceptors (Lipinski definition) is 5. The zero-order valence-electron chi connectivity index (χ0n) is 24.8. The van der Waals surface area contributed by atoms with E-state index in [1.54, 1.807) is 42.6 Å². The van der Waals surface area contributed by atoms with E-state index >= 15 is 0 Å². The van der Waals surface area contributed by atoms with Crippen molar-refractivity contribution in [3.05, 3.63) is 113 Å². The number of benzene rings is 2. The fraction of sp³-hybridized carbons (Fsp3) is 0.250. The van der Waals surface area contributed by atoms with Crippen LogP contribution < -0.4 is 10.6 Å². The monoisotopic (exact) mass is 597 g/mol. The van der Waals surface area contributed by atoms with Gasteiger partial charge in [-0.15, -0.1) is 5.10 Å². The quantitative estimate of drug-likeness (QED) is 0.198. The first kappa shape index (κ1) is 30.6. The molecule has 1 atom stereocenters. The lowest BCUT2D eigenvalue weighted by Gasteiger charge is -2.17. The van der Waals surface area contributed by atoms with Gasteiger partial charge in [-0.2, -0.15) is 0 Å². The third-order valence-corrected chi connectivity index (χ3v) is 7.54. The Kier molecular flexibility index (Phi) is 9.49. The first-order chi connectivity index (χ1) is 21.3. The molecule has 9 nitrogen and oxygen atoms in total. The van der Waals surface area contributed by atoms with Crippen LogP contribution in [-0.2, 0) is 11.3 Å². The average molecular weight is 597 g/mol. The Bertz CT molecular complexity index is 1720. The highest BCUT2D eigenvalue weighted by atomic mass is 19.2. The van der Waals surface area contributed by atoms with Crippen LogP contribution >= 0.6 is 0 Å². The summed E-state index contributed by atoms with van der Waals surface area (Å²) < 4.78 is 32.1. The van der Waals surface area contributed by atoms with Crippen LogP contribution in [0.5, 0.6) is 0 Å². The molecule has 2 aromatic heterocycles. The molecule has 0 spiro atoms. The van der Waals surface area contributed by atoms with Crippen LogP contribution in [0.3, 0.4) is 0 Å². The zero-order valence-corrected chi connectivity index (χ0v) is 24.8. The molecule has 4 aromatic rings. The fourth-order valence-electron chi connectivity index (χ4n) is 5.17. The number of nitrogens with zero attached hydrogens (tertiary/aromatic N) is 5. The van der Waals surface area contributed by atoms with E-state index in [9.17, 15) is 13.4 Å². The highest BCUT2D eigenvalue weighted by Crippen LogP contribution is 2.32. The molecule has 0 aliphatic carbocycles. The number of allylic oxidation sites excluding steroid dienone is 1. The van der Waals surface area contributed by atoms with Gasteiger partial charge in [-0.3, -0.25) is 18.4 Å². The second-order valence-electron chi connectivity index (χ2n) is 10.7. The molecule has 0 fully saturated rings. The van der Waals surface area contributed by atoms with Gasteiger partial charge in [0.2, 0.25) is 5.91 Å². The van der Waals surface area contributed by atoms with E-state index < -0.39 is 19.9 Å². The third kappa shape index (κ3) is 6.70. The summed E-state index contributed by atoms with van der Waals surface area (Å²) in [6, 6.07) is 18.0. The lowest BCUT2D eigenvalue weighted by Crippen LogP contribution is -2.22. The summed E-state index contributed by atoms with van der Waals surface area (Å²) in [5, 5.41) is 23.4. The van der Waals surface area contributed by atoms with Crippen molar-refractivity contribution in [1.82, 2.24) is 24.8 Å². The molecule has 1 aliphatic rings. The van der Waals surface area contributed by atoms with E-state index in [0.717, 1.165) is 34.1 Å². The lowest BCUT2D eigenvalue weighted by molar-refractivity contribution is -0.118. The molecule has 0 saturated carbocycles. The van der Waals surface area contributed by atoms with Crippen LogP contribution in [0.15, 0.2) is 89.7 Å². The Labute approximate surface area is 255 Å². The number of aromatic nitrogens is 4. The normalized spacial score (nSPS) is 15.4. The number of aliphatic hydroxyl groups is 1. The number of aryl methyl sites for hydroxylation is 1. The largest absolute Gasteiger partial charge is 0.679 e. The Balaban J connectivity index is 1.57. The number of hydrogen-bond donors (Lipinski definition) is 3. The molecule has 5 rings (SSSR count). The predicted molar refractivity (Wildman–Crippen MR) is 169 cm³/mol. The van der Waals surface area contributed by atoms with Crippen molar-refractivity contribution in [2.45, 2.75) is 46.1 Å². The maximum atomic E-state index is 14.9. The average Bonchev–Trinajstić information content (AvgIpc) is 3.78. The highest BCUT2D eigenvalue weighted by molar-refractivity contribution is 6.42. The highest BCUT2D eigenvalue weighted by Gasteiger charge is 2.29. The molecular weight excluding hydrogens is 563 g/mol. The van der Waals surface area contributed by atoms with E-state index in [2.05, 4.69) is 27.9 Å². The van der Waals surface area contributed by atoms with Gasteiger partial charge in [-0.1, -0.05) is 61.9 Å². The number of anilines is 1. The number of aliphatic imine (C=N–C) groups is 1. The second kappa shape index (κ2) is 13.6. The minimum absolute atomic E-state index is 0.149. The van der Waals surface area contributed by atoms with E-state index in [4.69, 9.17) is 10.1 Å². The number of halogens is 2. The number of carbonyl (C=O) groups excluding carboxylic acids is 1. The fourth-order valence-corrected chi connectivity index (χ4v) is 5.17. The van der Waals surface area contributed by atoms with Gasteiger partial charge in [0, 0.05) is 28.6 Å². The summed E-state index contributed by atoms with van der Waals surface area (Å²) in [5.74, 6) is 0.380. The van der Waals surface area contributed by atoms with Crippen molar-refractivity contribution in [2.24, 2.45) is 4.99 Å². The van der Waals surface area contributed by atoms with Gasteiger partial charge in [0.05, 0.1) is 18.4 Å². The molecule has 1 unspecified atom stereocenters. The van der Waals surface area contributed by atoms with Gasteiger partial charge in [-0.05, 0) is 66.5 Å². The van der Waals surface area contributed by atoms with Crippen LogP contribution in [0, 0.1) is 6.92 Å². The molecule has 0 bridgehead atoms. The van der Waals surface area contributed by atoms with Crippen molar-refractivity contribution >= 4 is 30.4 Å². The van der Waals surface area contributed by atoms with Gasteiger partial charge in [0.25, 0.3) is 0 Å². The van der Waals surface area contributed by atoms with Gasteiger partial charge in [0.1, 0.15) is 18.3 Å². The minimum atomic E-state index is -2.88. The van der Waals surface area contributed by atoms with Crippen molar-refractivity contribution in [3.8, 4) is 5.82 Å². The molecule has 12 heteroatoms. The van der Waals surface area contributed by atoms with E-state index in [1.807, 2.05) is 50.3 Å². The SMILES string of the molecule is CCCC(C)c1cn(-c2ccc(/C(=C3/C=CC(=NCc4ccccc4C)N3)c3ccc(NC(=O)CO)cc3)n2B(F)F)nn1. The third-order valence-electron chi connectivity index (χ3n) is 7.54. The summed E-state index contributed by atoms with van der Waals surface area (Å²) in [5.41, 5.74) is 5.40.